The van der Waals surface area contributed by atoms with Crippen LogP contribution in [0.5, 0.6) is 0 Å². The van der Waals surface area contributed by atoms with Crippen LogP contribution < -0.4 is 4.90 Å². The van der Waals surface area contributed by atoms with Gasteiger partial charge in [0.05, 0.1) is 20.0 Å². The number of anilines is 1. The second-order valence-corrected chi connectivity index (χ2v) is 5.49. The lowest BCUT2D eigenvalue weighted by Gasteiger charge is -2.36. The summed E-state index contributed by atoms with van der Waals surface area (Å²) in [6, 6.07) is 6.54. The van der Waals surface area contributed by atoms with E-state index in [9.17, 15) is 9.59 Å². The smallest absolute Gasteiger partial charge is 0.326 e. The largest absolute Gasteiger partial charge is 0.490 e. The van der Waals surface area contributed by atoms with Gasteiger partial charge >= 0.3 is 5.97 Å². The Hall–Kier alpha value is -2.02. The first kappa shape index (κ1) is 15.4. The van der Waals surface area contributed by atoms with Gasteiger partial charge in [-0.2, -0.15) is 0 Å². The number of carboxylic acids is 1. The van der Waals surface area contributed by atoms with Crippen LogP contribution in [-0.4, -0.2) is 41.7 Å². The molecular formula is C14H15BrN2O4. The Labute approximate surface area is 130 Å². The molecule has 0 aliphatic carbocycles. The Morgan fingerprint density at radius 1 is 1.38 bits per heavy atom. The van der Waals surface area contributed by atoms with Gasteiger partial charge in [0.1, 0.15) is 6.04 Å². The van der Waals surface area contributed by atoms with Gasteiger partial charge in [0.15, 0.2) is 0 Å². The topological polar surface area (TPSA) is 70.1 Å². The number of methoxy groups -OCH3 is 1. The van der Waals surface area contributed by atoms with Crippen LogP contribution in [-0.2, 0) is 14.3 Å². The van der Waals surface area contributed by atoms with E-state index in [1.54, 1.807) is 11.1 Å². The first-order valence-corrected chi connectivity index (χ1v) is 7.05. The van der Waals surface area contributed by atoms with Crippen LogP contribution in [0, 0.1) is 0 Å². The van der Waals surface area contributed by atoms with Gasteiger partial charge in [0.25, 0.3) is 5.91 Å². The Morgan fingerprint density at radius 2 is 2.00 bits per heavy atom. The van der Waals surface area contributed by atoms with Gasteiger partial charge in [-0.3, -0.25) is 4.79 Å². The molecule has 0 fully saturated rings. The van der Waals surface area contributed by atoms with Crippen LogP contribution in [0.1, 0.15) is 6.92 Å². The lowest BCUT2D eigenvalue weighted by Crippen LogP contribution is -2.51. The molecule has 1 amide bonds. The molecule has 1 atom stereocenters. The number of carbonyl (C=O) groups excluding carboxylic acids is 1. The van der Waals surface area contributed by atoms with Crippen molar-refractivity contribution >= 4 is 33.5 Å². The second-order valence-electron chi connectivity index (χ2n) is 4.57. The highest BCUT2D eigenvalue weighted by molar-refractivity contribution is 9.10. The Kier molecular flexibility index (Phi) is 4.52. The summed E-state index contributed by atoms with van der Waals surface area (Å²) in [5.74, 6) is -1.38. The van der Waals surface area contributed by atoms with E-state index in [0.717, 1.165) is 10.2 Å². The highest BCUT2D eigenvalue weighted by Crippen LogP contribution is 2.24. The first-order valence-electron chi connectivity index (χ1n) is 6.26. The average Bonchev–Trinajstić information content (AvgIpc) is 2.47. The van der Waals surface area contributed by atoms with Crippen molar-refractivity contribution in [2.75, 3.05) is 18.7 Å². The van der Waals surface area contributed by atoms with E-state index in [0.29, 0.717) is 0 Å². The molecule has 0 saturated carbocycles. The number of ether oxygens (including phenoxy) is 1. The molecule has 1 unspecified atom stereocenters. The van der Waals surface area contributed by atoms with Crippen LogP contribution in [0.4, 0.5) is 5.69 Å². The number of rotatable bonds is 4. The van der Waals surface area contributed by atoms with Crippen LogP contribution >= 0.6 is 15.9 Å². The minimum Gasteiger partial charge on any atom is -0.490 e. The summed E-state index contributed by atoms with van der Waals surface area (Å²) < 4.78 is 6.00. The first-order chi connectivity index (χ1) is 9.93. The number of carbonyl (C=O) groups is 2. The zero-order valence-electron chi connectivity index (χ0n) is 11.6. The van der Waals surface area contributed by atoms with Crippen molar-refractivity contribution in [1.82, 2.24) is 4.90 Å². The SMILES string of the molecule is COC1=CN(c2ccc(Br)cc2)CN(C(C)C(=O)O)C1=O. The van der Waals surface area contributed by atoms with Gasteiger partial charge < -0.3 is 19.6 Å². The minimum absolute atomic E-state index is 0.109. The maximum absolute atomic E-state index is 12.2. The zero-order valence-corrected chi connectivity index (χ0v) is 13.2. The lowest BCUT2D eigenvalue weighted by molar-refractivity contribution is -0.149. The molecule has 112 valence electrons. The molecule has 0 spiro atoms. The third-order valence-electron chi connectivity index (χ3n) is 3.25. The minimum atomic E-state index is -1.06. The van der Waals surface area contributed by atoms with E-state index >= 15 is 0 Å². The zero-order chi connectivity index (χ0) is 15.6. The number of benzene rings is 1. The molecule has 6 nitrogen and oxygen atoms in total. The molecule has 2 rings (SSSR count). The van der Waals surface area contributed by atoms with Crippen molar-refractivity contribution in [3.05, 3.63) is 40.7 Å². The molecule has 1 N–H and O–H groups in total. The maximum atomic E-state index is 12.2. The molecule has 1 aromatic rings. The third kappa shape index (κ3) is 3.18. The van der Waals surface area contributed by atoms with Crippen molar-refractivity contribution in [3.8, 4) is 0 Å². The number of aliphatic carboxylic acids is 1. The molecule has 21 heavy (non-hydrogen) atoms. The molecule has 0 bridgehead atoms. The highest BCUT2D eigenvalue weighted by atomic mass is 79.9. The summed E-state index contributed by atoms with van der Waals surface area (Å²) in [7, 11) is 1.39. The van der Waals surface area contributed by atoms with Crippen LogP contribution in [0.2, 0.25) is 0 Å². The molecule has 1 heterocycles. The fourth-order valence-corrected chi connectivity index (χ4v) is 2.23. The van der Waals surface area contributed by atoms with Crippen molar-refractivity contribution in [1.29, 1.82) is 0 Å². The van der Waals surface area contributed by atoms with Crippen LogP contribution in [0.25, 0.3) is 0 Å². The summed E-state index contributed by atoms with van der Waals surface area (Å²) in [6.45, 7) is 1.62. The van der Waals surface area contributed by atoms with E-state index in [1.165, 1.54) is 18.9 Å². The Balaban J connectivity index is 2.34. The number of carboxylic acid groups (broad SMARTS) is 1. The van der Waals surface area contributed by atoms with Gasteiger partial charge in [-0.1, -0.05) is 15.9 Å². The van der Waals surface area contributed by atoms with Gasteiger partial charge in [-0.05, 0) is 31.2 Å². The molecule has 1 aliphatic rings. The molecule has 7 heteroatoms. The fourth-order valence-electron chi connectivity index (χ4n) is 1.97. The number of hydrogen-bond donors (Lipinski definition) is 1. The predicted octanol–water partition coefficient (Wildman–Crippen LogP) is 2.02. The van der Waals surface area contributed by atoms with Crippen LogP contribution in [0.3, 0.4) is 0 Å². The van der Waals surface area contributed by atoms with Crippen LogP contribution in [0.15, 0.2) is 40.7 Å². The molecule has 1 aliphatic heterocycles. The summed E-state index contributed by atoms with van der Waals surface area (Å²) >= 11 is 3.36. The second kappa shape index (κ2) is 6.17. The van der Waals surface area contributed by atoms with Crippen molar-refractivity contribution in [2.45, 2.75) is 13.0 Å². The Morgan fingerprint density at radius 3 is 2.52 bits per heavy atom. The molecule has 1 aromatic carbocycles. The van der Waals surface area contributed by atoms with Gasteiger partial charge in [-0.25, -0.2) is 4.79 Å². The maximum Gasteiger partial charge on any atom is 0.326 e. The van der Waals surface area contributed by atoms with Gasteiger partial charge in [0.2, 0.25) is 5.76 Å². The lowest BCUT2D eigenvalue weighted by atomic mass is 10.2. The van der Waals surface area contributed by atoms with E-state index in [-0.39, 0.29) is 12.4 Å². The van der Waals surface area contributed by atoms with E-state index in [1.807, 2.05) is 24.3 Å². The number of halogens is 1. The predicted molar refractivity (Wildman–Crippen MR) is 80.5 cm³/mol. The Bertz CT molecular complexity index is 585. The number of amides is 1. The summed E-state index contributed by atoms with van der Waals surface area (Å²) in [6.07, 6.45) is 1.58. The molecule has 0 aromatic heterocycles. The molecule has 0 saturated heterocycles. The van der Waals surface area contributed by atoms with E-state index < -0.39 is 17.9 Å². The average molecular weight is 355 g/mol. The standard InChI is InChI=1S/C14H15BrN2O4/c1-9(14(19)20)17-8-16(7-12(21-2)13(17)18)11-5-3-10(15)4-6-11/h3-7,9H,8H2,1-2H3,(H,19,20). The fraction of sp³-hybridized carbons (Fsp3) is 0.286. The van der Waals surface area contributed by atoms with Gasteiger partial charge in [0, 0.05) is 10.2 Å². The van der Waals surface area contributed by atoms with E-state index in [2.05, 4.69) is 15.9 Å². The number of hydrogen-bond acceptors (Lipinski definition) is 4. The normalized spacial score (nSPS) is 16.5. The highest BCUT2D eigenvalue weighted by Gasteiger charge is 2.33. The monoisotopic (exact) mass is 354 g/mol. The van der Waals surface area contributed by atoms with E-state index in [4.69, 9.17) is 9.84 Å². The quantitative estimate of drug-likeness (QED) is 0.895. The summed E-state index contributed by atoms with van der Waals surface area (Å²) in [5, 5.41) is 9.13. The summed E-state index contributed by atoms with van der Waals surface area (Å²) in [5.41, 5.74) is 0.836. The van der Waals surface area contributed by atoms with Crippen molar-refractivity contribution in [3.63, 3.8) is 0 Å². The molecule has 0 radical (unpaired) electrons. The molecular weight excluding hydrogens is 340 g/mol. The van der Waals surface area contributed by atoms with Crippen molar-refractivity contribution in [2.24, 2.45) is 0 Å². The van der Waals surface area contributed by atoms with Crippen molar-refractivity contribution < 1.29 is 19.4 Å². The van der Waals surface area contributed by atoms with Gasteiger partial charge in [-0.15, -0.1) is 0 Å². The third-order valence-corrected chi connectivity index (χ3v) is 3.78. The summed E-state index contributed by atoms with van der Waals surface area (Å²) in [4.78, 5) is 26.3. The number of nitrogens with zero attached hydrogens (tertiary/aromatic N) is 2.